The Morgan fingerprint density at radius 2 is 1.69 bits per heavy atom. The van der Waals surface area contributed by atoms with Crippen LogP contribution in [0.1, 0.15) is 19.3 Å². The number of anilines is 1. The van der Waals surface area contributed by atoms with Crippen molar-refractivity contribution in [3.8, 4) is 11.5 Å². The summed E-state index contributed by atoms with van der Waals surface area (Å²) in [6.07, 6.45) is -2.16. The zero-order chi connectivity index (χ0) is 21.0. The van der Waals surface area contributed by atoms with Crippen LogP contribution in [0.3, 0.4) is 0 Å². The quantitative estimate of drug-likeness (QED) is 0.407. The van der Waals surface area contributed by atoms with Crippen LogP contribution in [0.2, 0.25) is 0 Å². The fraction of sp³-hybridized carbons (Fsp3) is 0.579. The lowest BCUT2D eigenvalue weighted by molar-refractivity contribution is -0.125. The van der Waals surface area contributed by atoms with Crippen molar-refractivity contribution in [1.29, 1.82) is 0 Å². The summed E-state index contributed by atoms with van der Waals surface area (Å²) in [7, 11) is 3.01. The monoisotopic (exact) mass is 409 g/mol. The Balaban J connectivity index is 1.48. The molecule has 29 heavy (non-hydrogen) atoms. The topological polar surface area (TPSA) is 138 Å². The molecule has 1 aliphatic carbocycles. The van der Waals surface area contributed by atoms with Gasteiger partial charge in [-0.2, -0.15) is 0 Å². The predicted molar refractivity (Wildman–Crippen MR) is 103 cm³/mol. The molecular formula is C19H27N3O7. The average molecular weight is 409 g/mol. The summed E-state index contributed by atoms with van der Waals surface area (Å²) in [6.45, 7) is -0.0358. The number of aliphatic hydroxyl groups is 2. The van der Waals surface area contributed by atoms with Crippen LogP contribution in [-0.4, -0.2) is 73.4 Å². The highest BCUT2D eigenvalue weighted by molar-refractivity contribution is 5.89. The van der Waals surface area contributed by atoms with Gasteiger partial charge in [0.1, 0.15) is 29.8 Å². The van der Waals surface area contributed by atoms with E-state index >= 15 is 0 Å². The molecule has 0 bridgehead atoms. The third-order valence-corrected chi connectivity index (χ3v) is 4.86. The smallest absolute Gasteiger partial charge is 0.319 e. The van der Waals surface area contributed by atoms with Crippen LogP contribution in [0.15, 0.2) is 18.2 Å². The number of carbonyl (C=O) groups excluding carboxylic acids is 2. The maximum absolute atomic E-state index is 12.2. The van der Waals surface area contributed by atoms with Gasteiger partial charge in [0.15, 0.2) is 0 Å². The number of amides is 3. The van der Waals surface area contributed by atoms with Gasteiger partial charge in [-0.25, -0.2) is 4.79 Å². The summed E-state index contributed by atoms with van der Waals surface area (Å²) in [4.78, 5) is 24.1. The average Bonchev–Trinajstić information content (AvgIpc) is 3.47. The fourth-order valence-electron chi connectivity index (χ4n) is 3.11. The standard InChI is InChI=1S/C19H27N3O7/c1-27-12-5-11(6-13(7-12)28-2)22-19(26)20-9-15-18(25)17(24)14(29-15)8-16(23)21-10-3-4-10/h5-7,10,14-15,17-18,24-25H,3-4,8-9H2,1-2H3,(H,21,23)(H2,20,22,26)/t14-,15+,17-,18+/m0/s1. The Morgan fingerprint density at radius 1 is 1.07 bits per heavy atom. The van der Waals surface area contributed by atoms with Gasteiger partial charge in [0.2, 0.25) is 5.91 Å². The van der Waals surface area contributed by atoms with Crippen molar-refractivity contribution in [3.63, 3.8) is 0 Å². The summed E-state index contributed by atoms with van der Waals surface area (Å²) in [5.41, 5.74) is 0.459. The zero-order valence-corrected chi connectivity index (χ0v) is 16.4. The third-order valence-electron chi connectivity index (χ3n) is 4.86. The van der Waals surface area contributed by atoms with Crippen molar-refractivity contribution in [2.24, 2.45) is 0 Å². The van der Waals surface area contributed by atoms with E-state index in [1.54, 1.807) is 18.2 Å². The summed E-state index contributed by atoms with van der Waals surface area (Å²) >= 11 is 0. The maximum atomic E-state index is 12.2. The van der Waals surface area contributed by atoms with Crippen LogP contribution in [0.4, 0.5) is 10.5 Å². The van der Waals surface area contributed by atoms with Crippen LogP contribution >= 0.6 is 0 Å². The number of benzene rings is 1. The largest absolute Gasteiger partial charge is 0.497 e. The number of hydrogen-bond acceptors (Lipinski definition) is 7. The van der Waals surface area contributed by atoms with Crippen LogP contribution < -0.4 is 25.4 Å². The van der Waals surface area contributed by atoms with Gasteiger partial charge in [-0.3, -0.25) is 4.79 Å². The molecule has 1 aliphatic heterocycles. The number of carbonyl (C=O) groups is 2. The lowest BCUT2D eigenvalue weighted by Gasteiger charge is -2.16. The first kappa shape index (κ1) is 21.2. The summed E-state index contributed by atoms with van der Waals surface area (Å²) < 4.78 is 15.9. The Morgan fingerprint density at radius 3 is 2.28 bits per heavy atom. The molecule has 3 rings (SSSR count). The fourth-order valence-corrected chi connectivity index (χ4v) is 3.11. The highest BCUT2D eigenvalue weighted by atomic mass is 16.5. The number of aliphatic hydroxyl groups excluding tert-OH is 2. The minimum absolute atomic E-state index is 0.0358. The highest BCUT2D eigenvalue weighted by Crippen LogP contribution is 2.26. The number of methoxy groups -OCH3 is 2. The molecule has 0 spiro atoms. The van der Waals surface area contributed by atoms with Gasteiger partial charge in [0.05, 0.1) is 26.7 Å². The Hall–Kier alpha value is -2.56. The van der Waals surface area contributed by atoms with E-state index in [0.717, 1.165) is 12.8 Å². The lowest BCUT2D eigenvalue weighted by Crippen LogP contribution is -2.41. The SMILES string of the molecule is COc1cc(NC(=O)NC[C@H]2O[C@@H](CC(=O)NC3CC3)[C@H](O)[C@@H]2O)cc(OC)c1. The first-order valence-corrected chi connectivity index (χ1v) is 9.48. The molecule has 1 saturated heterocycles. The molecule has 1 aromatic carbocycles. The van der Waals surface area contributed by atoms with Gasteiger partial charge < -0.3 is 40.4 Å². The molecule has 3 amide bonds. The van der Waals surface area contributed by atoms with Gasteiger partial charge in [0, 0.05) is 36.5 Å². The minimum atomic E-state index is -1.20. The second-order valence-electron chi connectivity index (χ2n) is 7.18. The van der Waals surface area contributed by atoms with Crippen molar-refractivity contribution in [1.82, 2.24) is 10.6 Å². The van der Waals surface area contributed by atoms with Crippen LogP contribution in [0.25, 0.3) is 0 Å². The van der Waals surface area contributed by atoms with E-state index in [4.69, 9.17) is 14.2 Å². The Kier molecular flexibility index (Phi) is 6.78. The van der Waals surface area contributed by atoms with E-state index < -0.39 is 30.4 Å². The lowest BCUT2D eigenvalue weighted by atomic mass is 10.1. The number of urea groups is 1. The summed E-state index contributed by atoms with van der Waals surface area (Å²) in [5, 5.41) is 28.3. The molecule has 4 atom stereocenters. The molecule has 1 heterocycles. The number of nitrogens with one attached hydrogen (secondary N) is 3. The second kappa shape index (κ2) is 9.29. The van der Waals surface area contributed by atoms with Crippen LogP contribution in [0, 0.1) is 0 Å². The van der Waals surface area contributed by atoms with Gasteiger partial charge >= 0.3 is 6.03 Å². The number of hydrogen-bond donors (Lipinski definition) is 5. The Labute approximate surface area is 168 Å². The number of ether oxygens (including phenoxy) is 3. The molecule has 10 heteroatoms. The third kappa shape index (κ3) is 5.72. The van der Waals surface area contributed by atoms with Gasteiger partial charge in [-0.15, -0.1) is 0 Å². The highest BCUT2D eigenvalue weighted by Gasteiger charge is 2.43. The minimum Gasteiger partial charge on any atom is -0.497 e. The van der Waals surface area contributed by atoms with Crippen molar-refractivity contribution in [3.05, 3.63) is 18.2 Å². The molecule has 0 aromatic heterocycles. The van der Waals surface area contributed by atoms with Crippen molar-refractivity contribution >= 4 is 17.6 Å². The zero-order valence-electron chi connectivity index (χ0n) is 16.4. The van der Waals surface area contributed by atoms with E-state index in [9.17, 15) is 19.8 Å². The van der Waals surface area contributed by atoms with E-state index in [0.29, 0.717) is 17.2 Å². The molecule has 1 aromatic rings. The summed E-state index contributed by atoms with van der Waals surface area (Å²) in [5.74, 6) is 0.816. The molecule has 2 aliphatic rings. The van der Waals surface area contributed by atoms with E-state index in [1.165, 1.54) is 14.2 Å². The van der Waals surface area contributed by atoms with Crippen LogP contribution in [-0.2, 0) is 9.53 Å². The predicted octanol–water partition coefficient (Wildman–Crippen LogP) is -0.0168. The molecular weight excluding hydrogens is 382 g/mol. The van der Waals surface area contributed by atoms with Crippen LogP contribution in [0.5, 0.6) is 11.5 Å². The van der Waals surface area contributed by atoms with Crippen molar-refractivity contribution in [2.45, 2.75) is 49.7 Å². The normalized spacial score (nSPS) is 25.9. The molecule has 2 fully saturated rings. The molecule has 1 saturated carbocycles. The van der Waals surface area contributed by atoms with Crippen molar-refractivity contribution in [2.75, 3.05) is 26.1 Å². The summed E-state index contributed by atoms with van der Waals surface area (Å²) in [6, 6.07) is 4.61. The van der Waals surface area contributed by atoms with E-state index in [2.05, 4.69) is 16.0 Å². The second-order valence-corrected chi connectivity index (χ2v) is 7.18. The van der Waals surface area contributed by atoms with Gasteiger partial charge in [-0.1, -0.05) is 0 Å². The number of rotatable bonds is 8. The van der Waals surface area contributed by atoms with Gasteiger partial charge in [-0.05, 0) is 12.8 Å². The first-order valence-electron chi connectivity index (χ1n) is 9.48. The molecule has 0 radical (unpaired) electrons. The molecule has 0 unspecified atom stereocenters. The first-order chi connectivity index (χ1) is 13.9. The van der Waals surface area contributed by atoms with E-state index in [-0.39, 0.29) is 24.9 Å². The van der Waals surface area contributed by atoms with E-state index in [1.807, 2.05) is 0 Å². The van der Waals surface area contributed by atoms with Gasteiger partial charge in [0.25, 0.3) is 0 Å². The molecule has 160 valence electrons. The molecule has 5 N–H and O–H groups in total. The maximum Gasteiger partial charge on any atom is 0.319 e. The Bertz CT molecular complexity index is 718. The van der Waals surface area contributed by atoms with Crippen molar-refractivity contribution < 1.29 is 34.0 Å². The molecule has 10 nitrogen and oxygen atoms in total.